The van der Waals surface area contributed by atoms with Crippen LogP contribution in [0.25, 0.3) is 0 Å². The van der Waals surface area contributed by atoms with Gasteiger partial charge in [0, 0.05) is 25.2 Å². The van der Waals surface area contributed by atoms with Crippen molar-refractivity contribution in [3.63, 3.8) is 0 Å². The van der Waals surface area contributed by atoms with Crippen molar-refractivity contribution in [2.45, 2.75) is 50.1 Å². The molecule has 0 saturated heterocycles. The molecule has 1 aromatic rings. The van der Waals surface area contributed by atoms with Crippen molar-refractivity contribution in [3.05, 3.63) is 35.4 Å². The molecular weight excluding hydrogens is 248 g/mol. The molecule has 3 rings (SSSR count). The second-order valence-corrected chi connectivity index (χ2v) is 6.38. The molecule has 0 bridgehead atoms. The SMILES string of the molecule is NCC(NC1CCCC1CO)c1ccc(C2CC2)cc1. The van der Waals surface area contributed by atoms with Gasteiger partial charge in [-0.05, 0) is 48.6 Å². The molecule has 2 aliphatic carbocycles. The number of benzene rings is 1. The molecule has 20 heavy (non-hydrogen) atoms. The maximum Gasteiger partial charge on any atom is 0.0474 e. The quantitative estimate of drug-likeness (QED) is 0.746. The minimum atomic E-state index is 0.209. The monoisotopic (exact) mass is 274 g/mol. The zero-order valence-electron chi connectivity index (χ0n) is 12.1. The normalized spacial score (nSPS) is 27.7. The lowest BCUT2D eigenvalue weighted by Gasteiger charge is -2.26. The molecule has 2 saturated carbocycles. The first-order valence-corrected chi connectivity index (χ1v) is 7.98. The average Bonchev–Trinajstić information content (AvgIpc) is 3.24. The summed E-state index contributed by atoms with van der Waals surface area (Å²) < 4.78 is 0. The van der Waals surface area contributed by atoms with E-state index in [1.54, 1.807) is 0 Å². The highest BCUT2D eigenvalue weighted by Gasteiger charge is 2.28. The van der Waals surface area contributed by atoms with Gasteiger partial charge in [0.15, 0.2) is 0 Å². The molecule has 2 fully saturated rings. The van der Waals surface area contributed by atoms with Crippen LogP contribution in [0.4, 0.5) is 0 Å². The van der Waals surface area contributed by atoms with Gasteiger partial charge in [-0.3, -0.25) is 0 Å². The first-order chi connectivity index (χ1) is 9.81. The number of nitrogens with one attached hydrogen (secondary N) is 1. The van der Waals surface area contributed by atoms with Gasteiger partial charge in [0.05, 0.1) is 0 Å². The molecule has 3 heteroatoms. The van der Waals surface area contributed by atoms with Crippen LogP contribution in [-0.4, -0.2) is 24.3 Å². The summed E-state index contributed by atoms with van der Waals surface area (Å²) in [6.45, 7) is 0.896. The molecule has 0 amide bonds. The summed E-state index contributed by atoms with van der Waals surface area (Å²) in [6.07, 6.45) is 6.19. The van der Waals surface area contributed by atoms with E-state index in [0.717, 1.165) is 18.8 Å². The van der Waals surface area contributed by atoms with Gasteiger partial charge in [-0.1, -0.05) is 30.7 Å². The smallest absolute Gasteiger partial charge is 0.0474 e. The minimum Gasteiger partial charge on any atom is -0.396 e. The molecule has 2 aliphatic rings. The van der Waals surface area contributed by atoms with Crippen LogP contribution in [0.15, 0.2) is 24.3 Å². The second-order valence-electron chi connectivity index (χ2n) is 6.38. The maximum atomic E-state index is 9.43. The van der Waals surface area contributed by atoms with Crippen LogP contribution in [0.3, 0.4) is 0 Å². The van der Waals surface area contributed by atoms with Crippen molar-refractivity contribution < 1.29 is 5.11 Å². The number of aliphatic hydroxyl groups excluding tert-OH is 1. The summed E-state index contributed by atoms with van der Waals surface area (Å²) in [5, 5.41) is 13.1. The summed E-state index contributed by atoms with van der Waals surface area (Å²) in [4.78, 5) is 0. The Balaban J connectivity index is 1.65. The fourth-order valence-corrected chi connectivity index (χ4v) is 3.45. The average molecular weight is 274 g/mol. The van der Waals surface area contributed by atoms with Gasteiger partial charge in [0.25, 0.3) is 0 Å². The van der Waals surface area contributed by atoms with E-state index < -0.39 is 0 Å². The number of hydrogen-bond acceptors (Lipinski definition) is 3. The lowest BCUT2D eigenvalue weighted by atomic mass is 9.99. The largest absolute Gasteiger partial charge is 0.396 e. The number of rotatable bonds is 6. The van der Waals surface area contributed by atoms with Gasteiger partial charge in [0.2, 0.25) is 0 Å². The fraction of sp³-hybridized carbons (Fsp3) is 0.647. The van der Waals surface area contributed by atoms with Gasteiger partial charge in [0.1, 0.15) is 0 Å². The third kappa shape index (κ3) is 3.05. The van der Waals surface area contributed by atoms with E-state index in [4.69, 9.17) is 5.73 Å². The second kappa shape index (κ2) is 6.25. The molecular formula is C17H26N2O. The molecule has 0 spiro atoms. The number of nitrogens with two attached hydrogens (primary N) is 1. The van der Waals surface area contributed by atoms with Gasteiger partial charge in [-0.2, -0.15) is 0 Å². The highest BCUT2D eigenvalue weighted by atomic mass is 16.3. The molecule has 0 aliphatic heterocycles. The third-order valence-electron chi connectivity index (χ3n) is 4.93. The molecule has 0 aromatic heterocycles. The lowest BCUT2D eigenvalue weighted by molar-refractivity contribution is 0.200. The van der Waals surface area contributed by atoms with Crippen molar-refractivity contribution in [1.29, 1.82) is 0 Å². The van der Waals surface area contributed by atoms with Crippen LogP contribution < -0.4 is 11.1 Å². The molecule has 3 unspecified atom stereocenters. The number of hydrogen-bond donors (Lipinski definition) is 3. The van der Waals surface area contributed by atoms with Crippen molar-refractivity contribution in [2.75, 3.05) is 13.2 Å². The van der Waals surface area contributed by atoms with Crippen LogP contribution in [0, 0.1) is 5.92 Å². The lowest BCUT2D eigenvalue weighted by Crippen LogP contribution is -2.39. The Hall–Kier alpha value is -0.900. The Labute approximate surface area is 121 Å². The molecule has 3 atom stereocenters. The van der Waals surface area contributed by atoms with E-state index in [1.807, 2.05) is 0 Å². The Morgan fingerprint density at radius 2 is 1.90 bits per heavy atom. The Bertz CT molecular complexity index is 427. The molecule has 3 nitrogen and oxygen atoms in total. The fourth-order valence-electron chi connectivity index (χ4n) is 3.45. The summed E-state index contributed by atoms with van der Waals surface area (Å²) >= 11 is 0. The number of aliphatic hydroxyl groups is 1. The van der Waals surface area contributed by atoms with Crippen LogP contribution in [0.5, 0.6) is 0 Å². The van der Waals surface area contributed by atoms with Crippen LogP contribution >= 0.6 is 0 Å². The molecule has 0 radical (unpaired) electrons. The first-order valence-electron chi connectivity index (χ1n) is 7.98. The maximum absolute atomic E-state index is 9.43. The predicted molar refractivity (Wildman–Crippen MR) is 81.6 cm³/mol. The molecule has 1 aromatic carbocycles. The van der Waals surface area contributed by atoms with Gasteiger partial charge in [-0.15, -0.1) is 0 Å². The topological polar surface area (TPSA) is 58.3 Å². The van der Waals surface area contributed by atoms with Crippen LogP contribution in [0.1, 0.15) is 55.2 Å². The molecule has 110 valence electrons. The Kier molecular flexibility index (Phi) is 4.39. The van der Waals surface area contributed by atoms with E-state index in [9.17, 15) is 5.11 Å². The van der Waals surface area contributed by atoms with Crippen molar-refractivity contribution in [1.82, 2.24) is 5.32 Å². The van der Waals surface area contributed by atoms with E-state index >= 15 is 0 Å². The van der Waals surface area contributed by atoms with E-state index in [2.05, 4.69) is 29.6 Å². The first kappa shape index (κ1) is 14.1. The van der Waals surface area contributed by atoms with E-state index in [1.165, 1.54) is 30.4 Å². The van der Waals surface area contributed by atoms with Crippen molar-refractivity contribution in [2.24, 2.45) is 11.7 Å². The van der Waals surface area contributed by atoms with E-state index in [-0.39, 0.29) is 12.6 Å². The van der Waals surface area contributed by atoms with E-state index in [0.29, 0.717) is 18.5 Å². The van der Waals surface area contributed by atoms with Gasteiger partial charge < -0.3 is 16.2 Å². The predicted octanol–water partition coefficient (Wildman–Crippen LogP) is 2.31. The summed E-state index contributed by atoms with van der Waals surface area (Å²) in [6, 6.07) is 9.59. The van der Waals surface area contributed by atoms with Gasteiger partial charge in [-0.25, -0.2) is 0 Å². The summed E-state index contributed by atoms with van der Waals surface area (Å²) in [5.41, 5.74) is 8.70. The van der Waals surface area contributed by atoms with Gasteiger partial charge >= 0.3 is 0 Å². The molecule has 4 N–H and O–H groups in total. The highest BCUT2D eigenvalue weighted by Crippen LogP contribution is 2.40. The third-order valence-corrected chi connectivity index (χ3v) is 4.93. The standard InChI is InChI=1S/C17H26N2O/c18-10-17(19-16-3-1-2-15(16)11-20)14-8-6-13(7-9-14)12-4-5-12/h6-9,12,15-17,19-20H,1-5,10-11,18H2. The van der Waals surface area contributed by atoms with Crippen molar-refractivity contribution >= 4 is 0 Å². The Morgan fingerprint density at radius 1 is 1.15 bits per heavy atom. The van der Waals surface area contributed by atoms with Crippen LogP contribution in [-0.2, 0) is 0 Å². The van der Waals surface area contributed by atoms with Crippen molar-refractivity contribution in [3.8, 4) is 0 Å². The van der Waals surface area contributed by atoms with Crippen LogP contribution in [0.2, 0.25) is 0 Å². The highest BCUT2D eigenvalue weighted by molar-refractivity contribution is 5.30. The summed E-state index contributed by atoms with van der Waals surface area (Å²) in [7, 11) is 0. The molecule has 0 heterocycles. The minimum absolute atomic E-state index is 0.209. The summed E-state index contributed by atoms with van der Waals surface area (Å²) in [5.74, 6) is 1.21. The zero-order valence-corrected chi connectivity index (χ0v) is 12.1. The Morgan fingerprint density at radius 3 is 2.50 bits per heavy atom. The zero-order chi connectivity index (χ0) is 13.9.